The molecule has 0 radical (unpaired) electrons. The molecule has 1 saturated carbocycles. The van der Waals surface area contributed by atoms with Gasteiger partial charge in [0.15, 0.2) is 5.96 Å². The topological polar surface area (TPSA) is 59.6 Å². The summed E-state index contributed by atoms with van der Waals surface area (Å²) in [6.07, 6.45) is 3.95. The SMILES string of the molecule is CC(CN=C(N)NCC1CCC1)Oc1ccccc1Br. The maximum absolute atomic E-state index is 5.85. The molecule has 0 amide bonds. The highest BCUT2D eigenvalue weighted by Crippen LogP contribution is 2.25. The molecule has 2 rings (SSSR count). The van der Waals surface area contributed by atoms with E-state index in [2.05, 4.69) is 26.2 Å². The van der Waals surface area contributed by atoms with E-state index in [4.69, 9.17) is 10.5 Å². The Morgan fingerprint density at radius 1 is 1.50 bits per heavy atom. The first-order chi connectivity index (χ1) is 9.65. The van der Waals surface area contributed by atoms with Gasteiger partial charge in [0, 0.05) is 6.54 Å². The monoisotopic (exact) mass is 339 g/mol. The minimum Gasteiger partial charge on any atom is -0.488 e. The molecule has 3 N–H and O–H groups in total. The zero-order valence-electron chi connectivity index (χ0n) is 11.8. The van der Waals surface area contributed by atoms with Crippen LogP contribution in [0.2, 0.25) is 0 Å². The number of nitrogens with zero attached hydrogens (tertiary/aromatic N) is 1. The molecule has 0 spiro atoms. The number of para-hydroxylation sites is 1. The van der Waals surface area contributed by atoms with E-state index in [0.29, 0.717) is 12.5 Å². The molecule has 4 nitrogen and oxygen atoms in total. The van der Waals surface area contributed by atoms with Crippen molar-refractivity contribution in [3.05, 3.63) is 28.7 Å². The molecular formula is C15H22BrN3O. The van der Waals surface area contributed by atoms with Crippen LogP contribution < -0.4 is 15.8 Å². The molecular weight excluding hydrogens is 318 g/mol. The first-order valence-corrected chi connectivity index (χ1v) is 7.89. The van der Waals surface area contributed by atoms with E-state index < -0.39 is 0 Å². The number of guanidine groups is 1. The van der Waals surface area contributed by atoms with Crippen molar-refractivity contribution in [2.75, 3.05) is 13.1 Å². The van der Waals surface area contributed by atoms with Gasteiger partial charge in [0.2, 0.25) is 0 Å². The smallest absolute Gasteiger partial charge is 0.188 e. The number of hydrogen-bond acceptors (Lipinski definition) is 2. The van der Waals surface area contributed by atoms with Gasteiger partial charge in [-0.05, 0) is 53.7 Å². The van der Waals surface area contributed by atoms with Gasteiger partial charge in [0.25, 0.3) is 0 Å². The third-order valence-corrected chi connectivity index (χ3v) is 4.14. The number of nitrogens with two attached hydrogens (primary N) is 1. The lowest BCUT2D eigenvalue weighted by atomic mass is 9.85. The van der Waals surface area contributed by atoms with Gasteiger partial charge in [-0.15, -0.1) is 0 Å². The number of nitrogens with one attached hydrogen (secondary N) is 1. The number of aliphatic imine (C=N–C) groups is 1. The van der Waals surface area contributed by atoms with Gasteiger partial charge in [0.1, 0.15) is 11.9 Å². The number of halogens is 1. The molecule has 0 heterocycles. The summed E-state index contributed by atoms with van der Waals surface area (Å²) in [5.41, 5.74) is 5.85. The fourth-order valence-electron chi connectivity index (χ4n) is 2.02. The normalized spacial score (nSPS) is 17.4. The van der Waals surface area contributed by atoms with E-state index in [1.54, 1.807) is 0 Å². The van der Waals surface area contributed by atoms with Gasteiger partial charge >= 0.3 is 0 Å². The summed E-state index contributed by atoms with van der Waals surface area (Å²) in [6, 6.07) is 7.80. The largest absolute Gasteiger partial charge is 0.488 e. The Kier molecular flexibility index (Phi) is 5.71. The van der Waals surface area contributed by atoms with Crippen LogP contribution in [0.25, 0.3) is 0 Å². The third kappa shape index (κ3) is 4.71. The molecule has 1 aromatic carbocycles. The highest BCUT2D eigenvalue weighted by atomic mass is 79.9. The van der Waals surface area contributed by atoms with Crippen LogP contribution in [-0.2, 0) is 0 Å². The zero-order valence-corrected chi connectivity index (χ0v) is 13.4. The number of ether oxygens (including phenoxy) is 1. The van der Waals surface area contributed by atoms with Crippen LogP contribution in [0.5, 0.6) is 5.75 Å². The van der Waals surface area contributed by atoms with E-state index in [-0.39, 0.29) is 6.10 Å². The van der Waals surface area contributed by atoms with E-state index in [1.807, 2.05) is 31.2 Å². The van der Waals surface area contributed by atoms with Crippen molar-refractivity contribution >= 4 is 21.9 Å². The Morgan fingerprint density at radius 2 is 2.25 bits per heavy atom. The van der Waals surface area contributed by atoms with Crippen LogP contribution in [-0.4, -0.2) is 25.2 Å². The maximum Gasteiger partial charge on any atom is 0.188 e. The molecule has 1 aliphatic carbocycles. The third-order valence-electron chi connectivity index (χ3n) is 3.48. The Labute approximate surface area is 128 Å². The molecule has 0 aliphatic heterocycles. The molecule has 1 aliphatic rings. The van der Waals surface area contributed by atoms with Crippen molar-refractivity contribution in [3.63, 3.8) is 0 Å². The molecule has 1 unspecified atom stereocenters. The Morgan fingerprint density at radius 3 is 2.90 bits per heavy atom. The summed E-state index contributed by atoms with van der Waals surface area (Å²) in [5, 5.41) is 3.18. The second-order valence-corrected chi connectivity index (χ2v) is 6.12. The Balaban J connectivity index is 1.73. The second-order valence-electron chi connectivity index (χ2n) is 5.26. The van der Waals surface area contributed by atoms with Gasteiger partial charge in [-0.2, -0.15) is 0 Å². The summed E-state index contributed by atoms with van der Waals surface area (Å²) in [6.45, 7) is 3.47. The van der Waals surface area contributed by atoms with Gasteiger partial charge in [-0.25, -0.2) is 4.99 Å². The summed E-state index contributed by atoms with van der Waals surface area (Å²) in [4.78, 5) is 4.32. The average molecular weight is 340 g/mol. The quantitative estimate of drug-likeness (QED) is 0.618. The van der Waals surface area contributed by atoms with Gasteiger partial charge in [0.05, 0.1) is 11.0 Å². The van der Waals surface area contributed by atoms with Gasteiger partial charge < -0.3 is 15.8 Å². The number of hydrogen-bond donors (Lipinski definition) is 2. The van der Waals surface area contributed by atoms with Crippen LogP contribution >= 0.6 is 15.9 Å². The highest BCUT2D eigenvalue weighted by molar-refractivity contribution is 9.10. The number of rotatable bonds is 6. The molecule has 5 heteroatoms. The molecule has 20 heavy (non-hydrogen) atoms. The first kappa shape index (κ1) is 15.2. The lowest BCUT2D eigenvalue weighted by molar-refractivity contribution is 0.228. The fourth-order valence-corrected chi connectivity index (χ4v) is 2.40. The van der Waals surface area contributed by atoms with Crippen molar-refractivity contribution in [3.8, 4) is 5.75 Å². The number of benzene rings is 1. The summed E-state index contributed by atoms with van der Waals surface area (Å²) >= 11 is 3.46. The van der Waals surface area contributed by atoms with Crippen LogP contribution in [0.15, 0.2) is 33.7 Å². The van der Waals surface area contributed by atoms with Gasteiger partial charge in [-0.3, -0.25) is 0 Å². The van der Waals surface area contributed by atoms with Crippen molar-refractivity contribution < 1.29 is 4.74 Å². The minimum absolute atomic E-state index is 0.0160. The van der Waals surface area contributed by atoms with Crippen molar-refractivity contribution in [2.24, 2.45) is 16.6 Å². The first-order valence-electron chi connectivity index (χ1n) is 7.10. The van der Waals surface area contributed by atoms with E-state index in [1.165, 1.54) is 19.3 Å². The van der Waals surface area contributed by atoms with E-state index >= 15 is 0 Å². The molecule has 0 aromatic heterocycles. The molecule has 1 aromatic rings. The molecule has 0 saturated heterocycles. The van der Waals surface area contributed by atoms with E-state index in [9.17, 15) is 0 Å². The summed E-state index contributed by atoms with van der Waals surface area (Å²) < 4.78 is 6.77. The summed E-state index contributed by atoms with van der Waals surface area (Å²) in [7, 11) is 0. The predicted molar refractivity (Wildman–Crippen MR) is 86.1 cm³/mol. The standard InChI is InChI=1S/C15H22BrN3O/c1-11(20-14-8-3-2-7-13(14)16)9-18-15(17)19-10-12-5-4-6-12/h2-3,7-8,11-12H,4-6,9-10H2,1H3,(H3,17,18,19). The predicted octanol–water partition coefficient (Wildman–Crippen LogP) is 2.92. The van der Waals surface area contributed by atoms with Crippen LogP contribution in [0, 0.1) is 5.92 Å². The molecule has 1 fully saturated rings. The molecule has 110 valence electrons. The fraction of sp³-hybridized carbons (Fsp3) is 0.533. The average Bonchev–Trinajstić information content (AvgIpc) is 2.37. The second kappa shape index (κ2) is 7.53. The Bertz CT molecular complexity index is 460. The lowest BCUT2D eigenvalue weighted by Crippen LogP contribution is -2.38. The lowest BCUT2D eigenvalue weighted by Gasteiger charge is -2.25. The molecule has 0 bridgehead atoms. The van der Waals surface area contributed by atoms with Crippen molar-refractivity contribution in [1.82, 2.24) is 5.32 Å². The van der Waals surface area contributed by atoms with Crippen LogP contribution in [0.1, 0.15) is 26.2 Å². The van der Waals surface area contributed by atoms with Crippen LogP contribution in [0.3, 0.4) is 0 Å². The van der Waals surface area contributed by atoms with Gasteiger partial charge in [-0.1, -0.05) is 18.6 Å². The maximum atomic E-state index is 5.85. The van der Waals surface area contributed by atoms with Crippen LogP contribution in [0.4, 0.5) is 0 Å². The minimum atomic E-state index is -0.0160. The highest BCUT2D eigenvalue weighted by Gasteiger charge is 2.16. The van der Waals surface area contributed by atoms with E-state index in [0.717, 1.165) is 22.7 Å². The zero-order chi connectivity index (χ0) is 14.4. The molecule has 1 atom stereocenters. The Hall–Kier alpha value is -1.23. The summed E-state index contributed by atoms with van der Waals surface area (Å²) in [5.74, 6) is 2.12. The van der Waals surface area contributed by atoms with Crippen molar-refractivity contribution in [1.29, 1.82) is 0 Å². The van der Waals surface area contributed by atoms with Crippen molar-refractivity contribution in [2.45, 2.75) is 32.3 Å².